The van der Waals surface area contributed by atoms with Gasteiger partial charge in [-0.2, -0.15) is 15.5 Å². The van der Waals surface area contributed by atoms with E-state index in [1.807, 2.05) is 19.1 Å². The van der Waals surface area contributed by atoms with Gasteiger partial charge in [0, 0.05) is 0 Å². The van der Waals surface area contributed by atoms with Gasteiger partial charge in [0.15, 0.2) is 11.0 Å². The molecule has 2 aromatic rings. The number of aromatic nitrogens is 4. The minimum absolute atomic E-state index is 0.262. The van der Waals surface area contributed by atoms with Crippen LogP contribution in [0.1, 0.15) is 17.0 Å². The highest BCUT2D eigenvalue weighted by atomic mass is 35.5. The molecule has 0 aliphatic rings. The number of halogens is 1. The third kappa shape index (κ3) is 1.64. The first kappa shape index (κ1) is 10.6. The second-order valence-electron chi connectivity index (χ2n) is 3.31. The molecule has 80 valence electrons. The molecule has 0 atom stereocenters. The third-order valence-electron chi connectivity index (χ3n) is 2.12. The average Bonchev–Trinajstić information content (AvgIpc) is 2.55. The number of rotatable bonds is 1. The van der Waals surface area contributed by atoms with E-state index in [0.717, 1.165) is 5.69 Å². The van der Waals surface area contributed by atoms with Crippen molar-refractivity contribution >= 4 is 11.6 Å². The Balaban J connectivity index is 2.58. The molecule has 0 amide bonds. The van der Waals surface area contributed by atoms with Crippen molar-refractivity contribution in [2.45, 2.75) is 13.8 Å². The maximum Gasteiger partial charge on any atom is 0.177 e. The summed E-state index contributed by atoms with van der Waals surface area (Å²) >= 11 is 6.01. The van der Waals surface area contributed by atoms with E-state index in [-0.39, 0.29) is 5.15 Å². The van der Waals surface area contributed by atoms with Gasteiger partial charge >= 0.3 is 0 Å². The standard InChI is InChI=1S/C10H8ClN5/c1-6-3-4-9(14-13-6)16-10(11)8(5-12)7(2)15-16/h3-4H,1-2H3. The molecule has 2 rings (SSSR count). The van der Waals surface area contributed by atoms with Crippen LogP contribution in [0.4, 0.5) is 0 Å². The Morgan fingerprint density at radius 2 is 2.06 bits per heavy atom. The molecular formula is C10H8ClN5. The molecule has 6 heteroatoms. The summed E-state index contributed by atoms with van der Waals surface area (Å²) in [6.45, 7) is 3.57. The molecular weight excluding hydrogens is 226 g/mol. The summed E-state index contributed by atoms with van der Waals surface area (Å²) in [5, 5.41) is 21.1. The Hall–Kier alpha value is -1.93. The van der Waals surface area contributed by atoms with Crippen molar-refractivity contribution in [3.63, 3.8) is 0 Å². The number of nitriles is 1. The monoisotopic (exact) mass is 233 g/mol. The maximum atomic E-state index is 8.88. The van der Waals surface area contributed by atoms with Crippen LogP contribution in [0.2, 0.25) is 5.15 Å². The lowest BCUT2D eigenvalue weighted by Crippen LogP contribution is -2.01. The van der Waals surface area contributed by atoms with Crippen LogP contribution in [0.5, 0.6) is 0 Å². The van der Waals surface area contributed by atoms with Gasteiger partial charge in [-0.1, -0.05) is 11.6 Å². The van der Waals surface area contributed by atoms with Gasteiger partial charge in [-0.15, -0.1) is 5.10 Å². The zero-order valence-corrected chi connectivity index (χ0v) is 9.52. The molecule has 0 unspecified atom stereocenters. The lowest BCUT2D eigenvalue weighted by molar-refractivity contribution is 0.797. The fraction of sp³-hybridized carbons (Fsp3) is 0.200. The predicted octanol–water partition coefficient (Wildman–Crippen LogP) is 1.80. The molecule has 0 aliphatic heterocycles. The third-order valence-corrected chi connectivity index (χ3v) is 2.47. The zero-order chi connectivity index (χ0) is 11.7. The molecule has 0 saturated heterocycles. The molecule has 5 nitrogen and oxygen atoms in total. The van der Waals surface area contributed by atoms with E-state index in [1.54, 1.807) is 13.0 Å². The Morgan fingerprint density at radius 3 is 2.56 bits per heavy atom. The minimum atomic E-state index is 0.262. The van der Waals surface area contributed by atoms with Crippen molar-refractivity contribution < 1.29 is 0 Å². The summed E-state index contributed by atoms with van der Waals surface area (Å²) in [6.07, 6.45) is 0. The highest BCUT2D eigenvalue weighted by molar-refractivity contribution is 6.31. The van der Waals surface area contributed by atoms with Crippen molar-refractivity contribution in [2.75, 3.05) is 0 Å². The van der Waals surface area contributed by atoms with Crippen LogP contribution >= 0.6 is 11.6 Å². The second kappa shape index (κ2) is 3.91. The number of nitrogens with zero attached hydrogens (tertiary/aromatic N) is 5. The molecule has 2 aromatic heterocycles. The summed E-state index contributed by atoms with van der Waals surface area (Å²) in [5.74, 6) is 0.500. The van der Waals surface area contributed by atoms with Crippen LogP contribution in [0.25, 0.3) is 5.82 Å². The SMILES string of the molecule is Cc1ccc(-n2nc(C)c(C#N)c2Cl)nn1. The molecule has 0 fully saturated rings. The largest absolute Gasteiger partial charge is 0.200 e. The van der Waals surface area contributed by atoms with Crippen molar-refractivity contribution in [2.24, 2.45) is 0 Å². The van der Waals surface area contributed by atoms with Gasteiger partial charge in [0.2, 0.25) is 0 Å². The van der Waals surface area contributed by atoms with E-state index in [9.17, 15) is 0 Å². The minimum Gasteiger partial charge on any atom is -0.200 e. The van der Waals surface area contributed by atoms with Crippen LogP contribution in [0.3, 0.4) is 0 Å². The summed E-state index contributed by atoms with van der Waals surface area (Å²) in [6, 6.07) is 5.56. The van der Waals surface area contributed by atoms with Crippen LogP contribution < -0.4 is 0 Å². The fourth-order valence-electron chi connectivity index (χ4n) is 1.28. The van der Waals surface area contributed by atoms with Gasteiger partial charge in [0.1, 0.15) is 11.6 Å². The molecule has 0 aliphatic carbocycles. The molecule has 0 radical (unpaired) electrons. The van der Waals surface area contributed by atoms with Gasteiger partial charge in [-0.3, -0.25) is 0 Å². The van der Waals surface area contributed by atoms with Crippen molar-refractivity contribution in [3.8, 4) is 11.9 Å². The van der Waals surface area contributed by atoms with E-state index in [1.165, 1.54) is 4.68 Å². The van der Waals surface area contributed by atoms with E-state index in [0.29, 0.717) is 17.1 Å². The Bertz CT molecular complexity index is 564. The first-order chi connectivity index (χ1) is 7.63. The van der Waals surface area contributed by atoms with E-state index >= 15 is 0 Å². The summed E-state index contributed by atoms with van der Waals surface area (Å²) in [4.78, 5) is 0. The van der Waals surface area contributed by atoms with Crippen LogP contribution in [0, 0.1) is 25.2 Å². The van der Waals surface area contributed by atoms with Crippen LogP contribution in [0.15, 0.2) is 12.1 Å². The molecule has 16 heavy (non-hydrogen) atoms. The van der Waals surface area contributed by atoms with Crippen molar-refractivity contribution in [3.05, 3.63) is 34.2 Å². The zero-order valence-electron chi connectivity index (χ0n) is 8.77. The van der Waals surface area contributed by atoms with Crippen LogP contribution in [-0.2, 0) is 0 Å². The van der Waals surface area contributed by atoms with E-state index in [4.69, 9.17) is 16.9 Å². The normalized spacial score (nSPS) is 10.1. The highest BCUT2D eigenvalue weighted by Gasteiger charge is 2.14. The van der Waals surface area contributed by atoms with Gasteiger partial charge in [0.25, 0.3) is 0 Å². The van der Waals surface area contributed by atoms with Crippen molar-refractivity contribution in [1.29, 1.82) is 5.26 Å². The first-order valence-electron chi connectivity index (χ1n) is 4.59. The Labute approximate surface area is 97.3 Å². The van der Waals surface area contributed by atoms with Crippen molar-refractivity contribution in [1.82, 2.24) is 20.0 Å². The molecule has 0 spiro atoms. The van der Waals surface area contributed by atoms with Gasteiger partial charge in [-0.25, -0.2) is 4.68 Å². The second-order valence-corrected chi connectivity index (χ2v) is 3.67. The number of hydrogen-bond acceptors (Lipinski definition) is 4. The van der Waals surface area contributed by atoms with E-state index < -0.39 is 0 Å². The lowest BCUT2D eigenvalue weighted by Gasteiger charge is -2.00. The number of hydrogen-bond donors (Lipinski definition) is 0. The number of aryl methyl sites for hydroxylation is 2. The maximum absolute atomic E-state index is 8.88. The Morgan fingerprint density at radius 1 is 1.31 bits per heavy atom. The van der Waals surface area contributed by atoms with Crippen LogP contribution in [-0.4, -0.2) is 20.0 Å². The summed E-state index contributed by atoms with van der Waals surface area (Å²) in [7, 11) is 0. The van der Waals surface area contributed by atoms with E-state index in [2.05, 4.69) is 15.3 Å². The highest BCUT2D eigenvalue weighted by Crippen LogP contribution is 2.21. The fourth-order valence-corrected chi connectivity index (χ4v) is 1.59. The molecule has 2 heterocycles. The molecule has 0 N–H and O–H groups in total. The Kier molecular flexibility index (Phi) is 2.59. The summed E-state index contributed by atoms with van der Waals surface area (Å²) in [5.41, 5.74) is 1.75. The smallest absolute Gasteiger partial charge is 0.177 e. The molecule has 0 saturated carbocycles. The summed E-state index contributed by atoms with van der Waals surface area (Å²) < 4.78 is 1.40. The first-order valence-corrected chi connectivity index (χ1v) is 4.97. The lowest BCUT2D eigenvalue weighted by atomic mass is 10.3. The predicted molar refractivity (Wildman–Crippen MR) is 58.4 cm³/mol. The van der Waals surface area contributed by atoms with Gasteiger partial charge in [0.05, 0.1) is 11.4 Å². The van der Waals surface area contributed by atoms with Gasteiger partial charge < -0.3 is 0 Å². The quantitative estimate of drug-likeness (QED) is 0.753. The average molecular weight is 234 g/mol. The van der Waals surface area contributed by atoms with Gasteiger partial charge in [-0.05, 0) is 26.0 Å². The molecule has 0 aromatic carbocycles. The topological polar surface area (TPSA) is 67.4 Å². The molecule has 0 bridgehead atoms.